The lowest BCUT2D eigenvalue weighted by atomic mass is 9.61. The molecule has 2 aromatic carbocycles. The predicted molar refractivity (Wildman–Crippen MR) is 121 cm³/mol. The van der Waals surface area contributed by atoms with Crippen molar-refractivity contribution in [3.05, 3.63) is 42.0 Å². The number of benzene rings is 2. The average Bonchev–Trinajstić information content (AvgIpc) is 2.58. The smallest absolute Gasteiger partial charge is 0.317 e. The molecule has 0 amide bonds. The Morgan fingerprint density at radius 2 is 1.38 bits per heavy atom. The van der Waals surface area contributed by atoms with E-state index in [4.69, 9.17) is 9.47 Å². The normalized spacial score (nSPS) is 15.2. The van der Waals surface area contributed by atoms with Crippen molar-refractivity contribution in [2.45, 2.75) is 74.3 Å². The van der Waals surface area contributed by atoms with Crippen molar-refractivity contribution in [1.29, 1.82) is 0 Å². The molecule has 0 heterocycles. The molecule has 0 aromatic heterocycles. The molecule has 0 aliphatic carbocycles. The molecule has 0 aliphatic heterocycles. The topological polar surface area (TPSA) is 35.5 Å². The highest BCUT2D eigenvalue weighted by Gasteiger charge is 2.48. The van der Waals surface area contributed by atoms with Crippen LogP contribution in [-0.2, 0) is 15.1 Å². The minimum Gasteiger partial charge on any atom is -0.426 e. The minimum atomic E-state index is -0.591. The van der Waals surface area contributed by atoms with Crippen LogP contribution in [0.2, 0.25) is 0 Å². The number of ether oxygens (including phenoxy) is 2. The van der Waals surface area contributed by atoms with E-state index < -0.39 is 5.41 Å². The van der Waals surface area contributed by atoms with Crippen molar-refractivity contribution < 1.29 is 14.3 Å². The number of carbonyl (C=O) groups excluding carboxylic acids is 1. The molecule has 0 bridgehead atoms. The van der Waals surface area contributed by atoms with Crippen molar-refractivity contribution in [2.75, 3.05) is 7.11 Å². The van der Waals surface area contributed by atoms with Crippen molar-refractivity contribution in [1.82, 2.24) is 0 Å². The summed E-state index contributed by atoms with van der Waals surface area (Å²) in [7, 11) is 1.72. The molecule has 0 saturated carbocycles. The molecule has 0 fully saturated rings. The fourth-order valence-corrected chi connectivity index (χ4v) is 3.70. The highest BCUT2D eigenvalue weighted by atomic mass is 16.5. The first-order valence-electron chi connectivity index (χ1n) is 10.4. The molecular formula is C26H38O3. The fraction of sp³-hybridized carbons (Fsp3) is 0.577. The van der Waals surface area contributed by atoms with Crippen molar-refractivity contribution in [2.24, 2.45) is 16.2 Å². The Labute approximate surface area is 176 Å². The summed E-state index contributed by atoms with van der Waals surface area (Å²) in [6, 6.07) is 12.1. The van der Waals surface area contributed by atoms with E-state index in [1.54, 1.807) is 7.11 Å². The summed E-state index contributed by atoms with van der Waals surface area (Å²) in [6.45, 7) is 19.0. The van der Waals surface area contributed by atoms with E-state index in [-0.39, 0.29) is 22.4 Å². The monoisotopic (exact) mass is 398 g/mol. The lowest BCUT2D eigenvalue weighted by Gasteiger charge is -2.43. The first kappa shape index (κ1) is 23.4. The Bertz CT molecular complexity index is 881. The van der Waals surface area contributed by atoms with Gasteiger partial charge in [0, 0.05) is 7.11 Å². The van der Waals surface area contributed by atoms with Crippen molar-refractivity contribution in [3.63, 3.8) is 0 Å². The van der Waals surface area contributed by atoms with E-state index in [0.29, 0.717) is 5.75 Å². The molecule has 0 radical (unpaired) electrons. The fourth-order valence-electron chi connectivity index (χ4n) is 3.70. The Morgan fingerprint density at radius 3 is 1.90 bits per heavy atom. The lowest BCUT2D eigenvalue weighted by molar-refractivity contribution is -0.154. The third-order valence-electron chi connectivity index (χ3n) is 6.22. The zero-order valence-corrected chi connectivity index (χ0v) is 19.9. The Balaban J connectivity index is 2.35. The number of methoxy groups -OCH3 is 1. The van der Waals surface area contributed by atoms with Crippen LogP contribution in [0, 0.1) is 16.2 Å². The number of hydrogen-bond donors (Lipinski definition) is 0. The maximum absolute atomic E-state index is 13.3. The largest absolute Gasteiger partial charge is 0.426 e. The summed E-state index contributed by atoms with van der Waals surface area (Å²) in [5.74, 6) is 0.419. The third-order valence-corrected chi connectivity index (χ3v) is 6.22. The standard InChI is InChI=1S/C26H38O3/c1-23(2,3)17-26(9,24(4,5)6)22(27)29-21-14-12-18-15-20(25(7,8)28-10)13-11-19(18)16-21/h11-16H,17H2,1-10H3. The SMILES string of the molecule is COC(C)(C)c1ccc2cc(OC(=O)C(C)(CC(C)(C)C)C(C)(C)C)ccc2c1. The van der Waals surface area contributed by atoms with Crippen LogP contribution in [0.5, 0.6) is 5.75 Å². The van der Waals surface area contributed by atoms with Gasteiger partial charge in [-0.05, 0) is 72.6 Å². The molecule has 0 N–H and O–H groups in total. The molecule has 0 spiro atoms. The van der Waals surface area contributed by atoms with E-state index in [9.17, 15) is 4.79 Å². The quantitative estimate of drug-likeness (QED) is 0.397. The molecule has 3 nitrogen and oxygen atoms in total. The van der Waals surface area contributed by atoms with E-state index in [0.717, 1.165) is 22.8 Å². The Hall–Kier alpha value is -1.87. The molecule has 160 valence electrons. The van der Waals surface area contributed by atoms with E-state index in [2.05, 4.69) is 59.7 Å². The number of carbonyl (C=O) groups is 1. The molecule has 0 saturated heterocycles. The molecule has 2 rings (SSSR count). The molecule has 3 heteroatoms. The first-order chi connectivity index (χ1) is 13.1. The molecule has 1 atom stereocenters. The van der Waals surface area contributed by atoms with Gasteiger partial charge in [-0.3, -0.25) is 4.79 Å². The summed E-state index contributed by atoms with van der Waals surface area (Å²) in [5.41, 5.74) is -0.0141. The average molecular weight is 399 g/mol. The van der Waals surface area contributed by atoms with Crippen LogP contribution in [0.4, 0.5) is 0 Å². The van der Waals surface area contributed by atoms with E-state index >= 15 is 0 Å². The van der Waals surface area contributed by atoms with Gasteiger partial charge in [0.25, 0.3) is 0 Å². The Morgan fingerprint density at radius 1 is 0.828 bits per heavy atom. The van der Waals surface area contributed by atoms with Gasteiger partial charge in [-0.1, -0.05) is 59.7 Å². The van der Waals surface area contributed by atoms with Crippen molar-refractivity contribution >= 4 is 16.7 Å². The van der Waals surface area contributed by atoms with E-state index in [1.807, 2.05) is 39.0 Å². The predicted octanol–water partition coefficient (Wildman–Crippen LogP) is 7.12. The van der Waals surface area contributed by atoms with Gasteiger partial charge in [0.2, 0.25) is 0 Å². The number of esters is 1. The summed E-state index contributed by atoms with van der Waals surface area (Å²) in [6.07, 6.45) is 0.755. The maximum Gasteiger partial charge on any atom is 0.317 e. The number of rotatable bonds is 5. The second-order valence-electron chi connectivity index (χ2n) is 11.1. The van der Waals surface area contributed by atoms with Gasteiger partial charge in [0.05, 0.1) is 11.0 Å². The summed E-state index contributed by atoms with van der Waals surface area (Å²) >= 11 is 0. The zero-order chi connectivity index (χ0) is 22.3. The maximum atomic E-state index is 13.3. The highest BCUT2D eigenvalue weighted by molar-refractivity contribution is 5.86. The van der Waals surface area contributed by atoms with Gasteiger partial charge in [-0.15, -0.1) is 0 Å². The highest BCUT2D eigenvalue weighted by Crippen LogP contribution is 2.47. The molecule has 1 unspecified atom stereocenters. The van der Waals surface area contributed by atoms with Crippen LogP contribution in [0.1, 0.15) is 74.3 Å². The zero-order valence-electron chi connectivity index (χ0n) is 19.9. The number of hydrogen-bond acceptors (Lipinski definition) is 3. The molecule has 0 aliphatic rings. The minimum absolute atomic E-state index is 0.0228. The van der Waals surface area contributed by atoms with Crippen LogP contribution >= 0.6 is 0 Å². The molecule has 2 aromatic rings. The lowest BCUT2D eigenvalue weighted by Crippen LogP contribution is -2.45. The first-order valence-corrected chi connectivity index (χ1v) is 10.4. The molecular weight excluding hydrogens is 360 g/mol. The summed E-state index contributed by atoms with van der Waals surface area (Å²) < 4.78 is 11.5. The third kappa shape index (κ3) is 5.19. The van der Waals surface area contributed by atoms with Gasteiger partial charge in [-0.2, -0.15) is 0 Å². The van der Waals surface area contributed by atoms with Crippen LogP contribution < -0.4 is 4.74 Å². The van der Waals surface area contributed by atoms with Crippen LogP contribution in [0.3, 0.4) is 0 Å². The van der Waals surface area contributed by atoms with Gasteiger partial charge in [-0.25, -0.2) is 0 Å². The van der Waals surface area contributed by atoms with Crippen LogP contribution in [-0.4, -0.2) is 13.1 Å². The van der Waals surface area contributed by atoms with Gasteiger partial charge >= 0.3 is 5.97 Å². The van der Waals surface area contributed by atoms with E-state index in [1.165, 1.54) is 0 Å². The molecule has 29 heavy (non-hydrogen) atoms. The van der Waals surface area contributed by atoms with Gasteiger partial charge in [0.15, 0.2) is 0 Å². The summed E-state index contributed by atoms with van der Waals surface area (Å²) in [4.78, 5) is 13.3. The van der Waals surface area contributed by atoms with Crippen molar-refractivity contribution in [3.8, 4) is 5.75 Å². The van der Waals surface area contributed by atoms with Crippen LogP contribution in [0.25, 0.3) is 10.8 Å². The summed E-state index contributed by atoms with van der Waals surface area (Å²) in [5, 5.41) is 2.14. The Kier molecular flexibility index (Phi) is 6.26. The number of fused-ring (bicyclic) bond motifs is 1. The van der Waals surface area contributed by atoms with Gasteiger partial charge < -0.3 is 9.47 Å². The second kappa shape index (κ2) is 7.75. The van der Waals surface area contributed by atoms with Gasteiger partial charge in [0.1, 0.15) is 5.75 Å². The van der Waals surface area contributed by atoms with Crippen LogP contribution in [0.15, 0.2) is 36.4 Å². The second-order valence-corrected chi connectivity index (χ2v) is 11.1.